The Morgan fingerprint density at radius 1 is 1.26 bits per heavy atom. The van der Waals surface area contributed by atoms with Crippen molar-refractivity contribution < 1.29 is 8.42 Å². The SMILES string of the molecule is CC(C)NCC1(S(C)(=O)=O)CC(c2ccccc2)C1. The molecule has 1 fully saturated rings. The first-order chi connectivity index (χ1) is 8.84. The summed E-state index contributed by atoms with van der Waals surface area (Å²) in [4.78, 5) is 0. The molecule has 0 radical (unpaired) electrons. The summed E-state index contributed by atoms with van der Waals surface area (Å²) in [5.74, 6) is 0.380. The fourth-order valence-electron chi connectivity index (χ4n) is 2.77. The Balaban J connectivity index is 2.10. The Morgan fingerprint density at radius 3 is 2.32 bits per heavy atom. The molecular formula is C15H23NO2S. The quantitative estimate of drug-likeness (QED) is 0.901. The van der Waals surface area contributed by atoms with Crippen LogP contribution in [0.15, 0.2) is 30.3 Å². The van der Waals surface area contributed by atoms with Crippen LogP contribution >= 0.6 is 0 Å². The Bertz CT molecular complexity index is 516. The van der Waals surface area contributed by atoms with Crippen LogP contribution in [0.2, 0.25) is 0 Å². The van der Waals surface area contributed by atoms with Gasteiger partial charge in [-0.15, -0.1) is 0 Å². The summed E-state index contributed by atoms with van der Waals surface area (Å²) in [5, 5.41) is 3.29. The van der Waals surface area contributed by atoms with Crippen molar-refractivity contribution in [2.24, 2.45) is 0 Å². The lowest BCUT2D eigenvalue weighted by Crippen LogP contribution is -2.56. The zero-order valence-corrected chi connectivity index (χ0v) is 12.7. The molecule has 1 N–H and O–H groups in total. The molecular weight excluding hydrogens is 258 g/mol. The Hall–Kier alpha value is -0.870. The summed E-state index contributed by atoms with van der Waals surface area (Å²) in [7, 11) is -3.03. The summed E-state index contributed by atoms with van der Waals surface area (Å²) in [6.07, 6.45) is 2.83. The van der Waals surface area contributed by atoms with Gasteiger partial charge in [0.2, 0.25) is 0 Å². The van der Waals surface area contributed by atoms with Crippen molar-refractivity contribution >= 4 is 9.84 Å². The molecule has 0 heterocycles. The van der Waals surface area contributed by atoms with Crippen molar-refractivity contribution in [2.45, 2.75) is 43.4 Å². The van der Waals surface area contributed by atoms with E-state index in [1.807, 2.05) is 32.0 Å². The monoisotopic (exact) mass is 281 g/mol. The van der Waals surface area contributed by atoms with E-state index in [-0.39, 0.29) is 0 Å². The number of hydrogen-bond donors (Lipinski definition) is 1. The molecule has 4 heteroatoms. The largest absolute Gasteiger partial charge is 0.313 e. The number of rotatable bonds is 5. The smallest absolute Gasteiger partial charge is 0.154 e. The standard InChI is InChI=1S/C15H23NO2S/c1-12(2)16-11-15(19(3,17)18)9-14(10-15)13-7-5-4-6-8-13/h4-8,12,14,16H,9-11H2,1-3H3. The van der Waals surface area contributed by atoms with Gasteiger partial charge < -0.3 is 5.32 Å². The third-order valence-corrected chi connectivity index (χ3v) is 6.18. The second-order valence-electron chi connectivity index (χ2n) is 6.01. The topological polar surface area (TPSA) is 46.2 Å². The maximum atomic E-state index is 12.1. The van der Waals surface area contributed by atoms with E-state index in [2.05, 4.69) is 17.4 Å². The van der Waals surface area contributed by atoms with Crippen LogP contribution < -0.4 is 5.32 Å². The third kappa shape index (κ3) is 3.00. The van der Waals surface area contributed by atoms with Crippen LogP contribution in [-0.4, -0.2) is 32.0 Å². The van der Waals surface area contributed by atoms with Gasteiger partial charge in [-0.1, -0.05) is 44.2 Å². The molecule has 1 aromatic rings. The molecule has 0 aliphatic heterocycles. The van der Waals surface area contributed by atoms with E-state index in [1.54, 1.807) is 0 Å². The molecule has 1 aliphatic carbocycles. The molecule has 0 unspecified atom stereocenters. The third-order valence-electron chi connectivity index (χ3n) is 4.13. The highest BCUT2D eigenvalue weighted by atomic mass is 32.2. The van der Waals surface area contributed by atoms with Crippen LogP contribution in [0.1, 0.15) is 38.2 Å². The van der Waals surface area contributed by atoms with Crippen LogP contribution in [0.5, 0.6) is 0 Å². The molecule has 1 aliphatic rings. The van der Waals surface area contributed by atoms with E-state index in [1.165, 1.54) is 11.8 Å². The van der Waals surface area contributed by atoms with Gasteiger partial charge >= 0.3 is 0 Å². The second-order valence-corrected chi connectivity index (χ2v) is 8.42. The summed E-state index contributed by atoms with van der Waals surface area (Å²) in [6.45, 7) is 4.65. The van der Waals surface area contributed by atoms with Crippen LogP contribution in [-0.2, 0) is 9.84 Å². The molecule has 0 saturated heterocycles. The molecule has 0 atom stereocenters. The van der Waals surface area contributed by atoms with Gasteiger partial charge in [0.15, 0.2) is 9.84 Å². The van der Waals surface area contributed by atoms with Crippen LogP contribution in [0.3, 0.4) is 0 Å². The van der Waals surface area contributed by atoms with Gasteiger partial charge in [-0.3, -0.25) is 0 Å². The predicted octanol–water partition coefficient (Wildman–Crippen LogP) is 2.35. The average molecular weight is 281 g/mol. The number of nitrogens with one attached hydrogen (secondary N) is 1. The first-order valence-electron chi connectivity index (χ1n) is 6.82. The van der Waals surface area contributed by atoms with Gasteiger partial charge in [-0.05, 0) is 24.3 Å². The second kappa shape index (κ2) is 5.25. The fourth-order valence-corrected chi connectivity index (χ4v) is 4.12. The predicted molar refractivity (Wildman–Crippen MR) is 79.1 cm³/mol. The first-order valence-corrected chi connectivity index (χ1v) is 8.71. The summed E-state index contributed by atoms with van der Waals surface area (Å²) in [5.41, 5.74) is 1.26. The molecule has 3 nitrogen and oxygen atoms in total. The molecule has 2 rings (SSSR count). The zero-order valence-electron chi connectivity index (χ0n) is 11.9. The minimum Gasteiger partial charge on any atom is -0.313 e. The number of benzene rings is 1. The summed E-state index contributed by atoms with van der Waals surface area (Å²) >= 11 is 0. The molecule has 0 bridgehead atoms. The molecule has 1 aromatic carbocycles. The number of sulfone groups is 1. The van der Waals surface area contributed by atoms with E-state index in [9.17, 15) is 8.42 Å². The van der Waals surface area contributed by atoms with E-state index in [0.717, 1.165) is 12.8 Å². The van der Waals surface area contributed by atoms with E-state index in [0.29, 0.717) is 18.5 Å². The normalized spacial score (nSPS) is 27.3. The van der Waals surface area contributed by atoms with Crippen molar-refractivity contribution in [3.63, 3.8) is 0 Å². The minimum absolute atomic E-state index is 0.314. The lowest BCUT2D eigenvalue weighted by atomic mass is 9.70. The fraction of sp³-hybridized carbons (Fsp3) is 0.600. The lowest BCUT2D eigenvalue weighted by Gasteiger charge is -2.47. The molecule has 1 saturated carbocycles. The van der Waals surface area contributed by atoms with E-state index in [4.69, 9.17) is 0 Å². The maximum Gasteiger partial charge on any atom is 0.154 e. The molecule has 106 valence electrons. The highest BCUT2D eigenvalue weighted by Gasteiger charge is 2.51. The summed E-state index contributed by atoms with van der Waals surface area (Å²) < 4.78 is 23.6. The van der Waals surface area contributed by atoms with Crippen molar-refractivity contribution in [1.29, 1.82) is 0 Å². The Kier molecular flexibility index (Phi) is 4.02. The van der Waals surface area contributed by atoms with Gasteiger partial charge in [0.25, 0.3) is 0 Å². The molecule has 0 spiro atoms. The van der Waals surface area contributed by atoms with Crippen molar-refractivity contribution in [1.82, 2.24) is 5.32 Å². The Labute approximate surface area is 116 Å². The highest BCUT2D eigenvalue weighted by Crippen LogP contribution is 2.48. The average Bonchev–Trinajstić information content (AvgIpc) is 2.26. The van der Waals surface area contributed by atoms with Crippen LogP contribution in [0.4, 0.5) is 0 Å². The summed E-state index contributed by atoms with van der Waals surface area (Å²) in [6, 6.07) is 10.5. The van der Waals surface area contributed by atoms with Crippen molar-refractivity contribution in [3.05, 3.63) is 35.9 Å². The van der Waals surface area contributed by atoms with E-state index >= 15 is 0 Å². The van der Waals surface area contributed by atoms with Crippen LogP contribution in [0, 0.1) is 0 Å². The van der Waals surface area contributed by atoms with Gasteiger partial charge in [0.1, 0.15) is 0 Å². The molecule has 0 aromatic heterocycles. The maximum absolute atomic E-state index is 12.1. The van der Waals surface area contributed by atoms with Gasteiger partial charge in [0, 0.05) is 18.8 Å². The molecule has 0 amide bonds. The van der Waals surface area contributed by atoms with Gasteiger partial charge in [0.05, 0.1) is 4.75 Å². The lowest BCUT2D eigenvalue weighted by molar-refractivity contribution is 0.272. The van der Waals surface area contributed by atoms with Crippen molar-refractivity contribution in [2.75, 3.05) is 12.8 Å². The number of hydrogen-bond acceptors (Lipinski definition) is 3. The first kappa shape index (κ1) is 14.5. The van der Waals surface area contributed by atoms with E-state index < -0.39 is 14.6 Å². The van der Waals surface area contributed by atoms with Crippen molar-refractivity contribution in [3.8, 4) is 0 Å². The van der Waals surface area contributed by atoms with Gasteiger partial charge in [-0.25, -0.2) is 8.42 Å². The highest BCUT2D eigenvalue weighted by molar-refractivity contribution is 7.92. The minimum atomic E-state index is -3.03. The molecule has 19 heavy (non-hydrogen) atoms. The Morgan fingerprint density at radius 2 is 1.84 bits per heavy atom. The van der Waals surface area contributed by atoms with Gasteiger partial charge in [-0.2, -0.15) is 0 Å². The van der Waals surface area contributed by atoms with Crippen LogP contribution in [0.25, 0.3) is 0 Å². The zero-order chi connectivity index (χ0) is 14.1.